The summed E-state index contributed by atoms with van der Waals surface area (Å²) in [7, 11) is -0.795. The molecule has 1 aromatic rings. The van der Waals surface area contributed by atoms with E-state index in [0.29, 0.717) is 5.56 Å². The molecular weight excluding hydrogens is 246 g/mol. The zero-order valence-corrected chi connectivity index (χ0v) is 11.5. The predicted molar refractivity (Wildman–Crippen MR) is 69.2 cm³/mol. The molecular formula is C13H16BFN2O2. The topological polar surface area (TPSA) is 55.1 Å². The van der Waals surface area contributed by atoms with Gasteiger partial charge in [-0.05, 0) is 33.3 Å². The fourth-order valence-corrected chi connectivity index (χ4v) is 1.83. The fourth-order valence-electron chi connectivity index (χ4n) is 1.83. The van der Waals surface area contributed by atoms with E-state index < -0.39 is 24.3 Å². The Morgan fingerprint density at radius 2 is 1.89 bits per heavy atom. The van der Waals surface area contributed by atoms with Crippen molar-refractivity contribution in [3.63, 3.8) is 0 Å². The summed E-state index contributed by atoms with van der Waals surface area (Å²) in [4.78, 5) is 3.66. The Balaban J connectivity index is 2.34. The minimum Gasteiger partial charge on any atom is -0.399 e. The van der Waals surface area contributed by atoms with E-state index in [4.69, 9.17) is 14.6 Å². The van der Waals surface area contributed by atoms with Crippen molar-refractivity contribution < 1.29 is 13.7 Å². The first-order chi connectivity index (χ1) is 8.77. The Morgan fingerprint density at radius 3 is 2.42 bits per heavy atom. The van der Waals surface area contributed by atoms with Crippen molar-refractivity contribution in [3.05, 3.63) is 23.8 Å². The van der Waals surface area contributed by atoms with Gasteiger partial charge in [0.15, 0.2) is 0 Å². The standard InChI is InChI=1S/C13H16BFN2O2/c1-12(2)13(3,4)19-14(18-12)10-7-9(5-6-16)8-17-11(10)15/h7-8H,5H2,1-4H3. The molecule has 1 aliphatic heterocycles. The Hall–Kier alpha value is -1.45. The first kappa shape index (κ1) is 14.0. The van der Waals surface area contributed by atoms with Crippen molar-refractivity contribution in [3.8, 4) is 6.07 Å². The van der Waals surface area contributed by atoms with E-state index in [1.165, 1.54) is 6.20 Å². The van der Waals surface area contributed by atoms with Crippen LogP contribution in [0.3, 0.4) is 0 Å². The third-order valence-electron chi connectivity index (χ3n) is 3.71. The molecule has 0 bridgehead atoms. The highest BCUT2D eigenvalue weighted by Crippen LogP contribution is 2.36. The summed E-state index contributed by atoms with van der Waals surface area (Å²) in [6.45, 7) is 7.60. The lowest BCUT2D eigenvalue weighted by molar-refractivity contribution is 0.00578. The molecule has 0 spiro atoms. The van der Waals surface area contributed by atoms with E-state index in [1.807, 2.05) is 33.8 Å². The summed E-state index contributed by atoms with van der Waals surface area (Å²) in [6.07, 6.45) is 1.53. The lowest BCUT2D eigenvalue weighted by atomic mass is 9.79. The molecule has 1 saturated heterocycles. The van der Waals surface area contributed by atoms with E-state index in [0.717, 1.165) is 0 Å². The molecule has 0 radical (unpaired) electrons. The van der Waals surface area contributed by atoms with Crippen LogP contribution >= 0.6 is 0 Å². The maximum atomic E-state index is 13.8. The molecule has 0 saturated carbocycles. The molecule has 2 heterocycles. The number of halogens is 1. The SMILES string of the molecule is CC1(C)OB(c2cc(CC#N)cnc2F)OC1(C)C. The molecule has 0 amide bonds. The van der Waals surface area contributed by atoms with E-state index in [-0.39, 0.29) is 11.9 Å². The Morgan fingerprint density at radius 1 is 1.32 bits per heavy atom. The number of hydrogen-bond acceptors (Lipinski definition) is 4. The van der Waals surface area contributed by atoms with Gasteiger partial charge in [-0.1, -0.05) is 6.07 Å². The summed E-state index contributed by atoms with van der Waals surface area (Å²) in [6, 6.07) is 3.59. The smallest absolute Gasteiger partial charge is 0.399 e. The van der Waals surface area contributed by atoms with Crippen molar-refractivity contribution in [2.24, 2.45) is 0 Å². The summed E-state index contributed by atoms with van der Waals surface area (Å²) in [5.41, 5.74) is -0.176. The monoisotopic (exact) mass is 262 g/mol. The molecule has 2 rings (SSSR count). The Labute approximate surface area is 112 Å². The van der Waals surface area contributed by atoms with Gasteiger partial charge >= 0.3 is 7.12 Å². The largest absolute Gasteiger partial charge is 0.499 e. The molecule has 1 fully saturated rings. The number of hydrogen-bond donors (Lipinski definition) is 0. The molecule has 100 valence electrons. The second kappa shape index (κ2) is 4.59. The molecule has 1 aromatic heterocycles. The zero-order chi connectivity index (χ0) is 14.3. The van der Waals surface area contributed by atoms with Gasteiger partial charge in [-0.15, -0.1) is 0 Å². The Bertz CT molecular complexity index is 524. The number of pyridine rings is 1. The summed E-state index contributed by atoms with van der Waals surface area (Å²) in [5.74, 6) is -0.625. The lowest BCUT2D eigenvalue weighted by Gasteiger charge is -2.32. The highest BCUT2D eigenvalue weighted by Gasteiger charge is 2.52. The minimum atomic E-state index is -0.795. The van der Waals surface area contributed by atoms with Crippen molar-refractivity contribution >= 4 is 12.6 Å². The van der Waals surface area contributed by atoms with Crippen molar-refractivity contribution in [2.45, 2.75) is 45.3 Å². The van der Waals surface area contributed by atoms with E-state index in [2.05, 4.69) is 4.98 Å². The van der Waals surface area contributed by atoms with Gasteiger partial charge in [-0.25, -0.2) is 4.98 Å². The van der Waals surface area contributed by atoms with Gasteiger partial charge in [0.05, 0.1) is 23.7 Å². The average Bonchev–Trinajstić information content (AvgIpc) is 2.51. The quantitative estimate of drug-likeness (QED) is 0.599. The van der Waals surface area contributed by atoms with Crippen LogP contribution in [0.25, 0.3) is 0 Å². The van der Waals surface area contributed by atoms with E-state index in [1.54, 1.807) is 6.07 Å². The second-order valence-electron chi connectivity index (χ2n) is 5.65. The average molecular weight is 262 g/mol. The third kappa shape index (κ3) is 2.49. The predicted octanol–water partition coefficient (Wildman–Crippen LogP) is 1.59. The van der Waals surface area contributed by atoms with Crippen LogP contribution in [0.15, 0.2) is 12.3 Å². The van der Waals surface area contributed by atoms with Gasteiger partial charge in [-0.3, -0.25) is 0 Å². The summed E-state index contributed by atoms with van der Waals surface area (Å²) >= 11 is 0. The molecule has 0 unspecified atom stereocenters. The van der Waals surface area contributed by atoms with Gasteiger partial charge in [0.1, 0.15) is 0 Å². The zero-order valence-electron chi connectivity index (χ0n) is 11.5. The van der Waals surface area contributed by atoms with Gasteiger partial charge in [0.25, 0.3) is 0 Å². The van der Waals surface area contributed by atoms with Crippen LogP contribution < -0.4 is 5.46 Å². The first-order valence-corrected chi connectivity index (χ1v) is 6.14. The van der Waals surface area contributed by atoms with Gasteiger partial charge in [0, 0.05) is 11.7 Å². The molecule has 1 aliphatic rings. The van der Waals surface area contributed by atoms with Crippen molar-refractivity contribution in [1.29, 1.82) is 5.26 Å². The molecule has 4 nitrogen and oxygen atoms in total. The molecule has 19 heavy (non-hydrogen) atoms. The van der Waals surface area contributed by atoms with Crippen LogP contribution in [-0.4, -0.2) is 23.3 Å². The summed E-state index contributed by atoms with van der Waals surface area (Å²) < 4.78 is 25.4. The maximum Gasteiger partial charge on any atom is 0.499 e. The molecule has 0 N–H and O–H groups in total. The van der Waals surface area contributed by atoms with Crippen LogP contribution in [0, 0.1) is 17.3 Å². The Kier molecular flexibility index (Phi) is 3.37. The van der Waals surface area contributed by atoms with E-state index >= 15 is 0 Å². The molecule has 0 atom stereocenters. The van der Waals surface area contributed by atoms with Crippen molar-refractivity contribution in [1.82, 2.24) is 4.98 Å². The molecule has 0 aromatic carbocycles. The number of nitrogens with zero attached hydrogens (tertiary/aromatic N) is 2. The van der Waals surface area contributed by atoms with Gasteiger partial charge in [0.2, 0.25) is 5.95 Å². The highest BCUT2D eigenvalue weighted by atomic mass is 19.1. The number of aromatic nitrogens is 1. The minimum absolute atomic E-state index is 0.180. The van der Waals surface area contributed by atoms with Gasteiger partial charge in [-0.2, -0.15) is 9.65 Å². The van der Waals surface area contributed by atoms with Crippen molar-refractivity contribution in [2.75, 3.05) is 0 Å². The maximum absolute atomic E-state index is 13.8. The van der Waals surface area contributed by atoms with Crippen LogP contribution in [-0.2, 0) is 15.7 Å². The third-order valence-corrected chi connectivity index (χ3v) is 3.71. The van der Waals surface area contributed by atoms with Crippen LogP contribution in [0.5, 0.6) is 0 Å². The van der Waals surface area contributed by atoms with Crippen LogP contribution in [0.4, 0.5) is 4.39 Å². The van der Waals surface area contributed by atoms with E-state index in [9.17, 15) is 4.39 Å². The van der Waals surface area contributed by atoms with Gasteiger partial charge < -0.3 is 9.31 Å². The number of nitriles is 1. The highest BCUT2D eigenvalue weighted by molar-refractivity contribution is 6.62. The second-order valence-corrected chi connectivity index (χ2v) is 5.65. The summed E-state index contributed by atoms with van der Waals surface area (Å²) in [5, 5.41) is 8.68. The molecule has 6 heteroatoms. The van der Waals surface area contributed by atoms with Crippen LogP contribution in [0.2, 0.25) is 0 Å². The lowest BCUT2D eigenvalue weighted by Crippen LogP contribution is -2.41. The molecule has 0 aliphatic carbocycles. The fraction of sp³-hybridized carbons (Fsp3) is 0.538. The first-order valence-electron chi connectivity index (χ1n) is 6.14. The number of rotatable bonds is 2. The van der Waals surface area contributed by atoms with Crippen LogP contribution in [0.1, 0.15) is 33.3 Å². The normalized spacial score (nSPS) is 20.3.